The fraction of sp³-hybridized carbons (Fsp3) is 0.538. The lowest BCUT2D eigenvalue weighted by atomic mass is 10.0. The smallest absolute Gasteiger partial charge is 0.123 e. The van der Waals surface area contributed by atoms with E-state index in [-0.39, 0.29) is 24.5 Å². The Balaban J connectivity index is 2.18. The average Bonchev–Trinajstić information content (AvgIpc) is 2.42. The number of aliphatic hydroxyl groups excluding tert-OH is 1. The first-order valence-corrected chi connectivity index (χ1v) is 6.16. The van der Waals surface area contributed by atoms with Crippen LogP contribution in [0.4, 0.5) is 4.39 Å². The van der Waals surface area contributed by atoms with Gasteiger partial charge in [0.2, 0.25) is 0 Å². The van der Waals surface area contributed by atoms with Gasteiger partial charge in [0.25, 0.3) is 0 Å². The largest absolute Gasteiger partial charge is 0.395 e. The molecule has 1 saturated heterocycles. The second kappa shape index (κ2) is 6.24. The minimum absolute atomic E-state index is 0.00773. The third kappa shape index (κ3) is 2.87. The van der Waals surface area contributed by atoms with Crippen LogP contribution >= 0.6 is 0 Å². The summed E-state index contributed by atoms with van der Waals surface area (Å²) in [5.41, 5.74) is 6.80. The number of hydrogen-bond donors (Lipinski definition) is 2. The lowest BCUT2D eigenvalue weighted by Crippen LogP contribution is -2.50. The predicted octanol–water partition coefficient (Wildman–Crippen LogP) is 0.519. The summed E-state index contributed by atoms with van der Waals surface area (Å²) >= 11 is 0. The summed E-state index contributed by atoms with van der Waals surface area (Å²) in [6.45, 7) is 2.34. The monoisotopic (exact) mass is 254 g/mol. The van der Waals surface area contributed by atoms with Crippen molar-refractivity contribution in [2.24, 2.45) is 5.73 Å². The molecule has 0 aromatic heterocycles. The van der Waals surface area contributed by atoms with Gasteiger partial charge in [0.05, 0.1) is 25.9 Å². The summed E-state index contributed by atoms with van der Waals surface area (Å²) in [5, 5.41) is 9.37. The second-order valence-electron chi connectivity index (χ2n) is 4.45. The van der Waals surface area contributed by atoms with Crippen LogP contribution in [0.2, 0.25) is 0 Å². The maximum absolute atomic E-state index is 12.9. The molecule has 1 aromatic rings. The predicted molar refractivity (Wildman–Crippen MR) is 66.6 cm³/mol. The van der Waals surface area contributed by atoms with Gasteiger partial charge < -0.3 is 15.6 Å². The molecule has 18 heavy (non-hydrogen) atoms. The van der Waals surface area contributed by atoms with Crippen LogP contribution in [0.5, 0.6) is 0 Å². The van der Waals surface area contributed by atoms with Gasteiger partial charge in [-0.2, -0.15) is 0 Å². The zero-order chi connectivity index (χ0) is 13.0. The molecule has 1 heterocycles. The van der Waals surface area contributed by atoms with Crippen molar-refractivity contribution in [3.05, 3.63) is 35.6 Å². The molecule has 0 amide bonds. The SMILES string of the molecule is NCC(c1ccc(F)cc1)N1CCOCC1CO. The molecule has 0 radical (unpaired) electrons. The minimum Gasteiger partial charge on any atom is -0.395 e. The van der Waals surface area contributed by atoms with Crippen molar-refractivity contribution in [3.8, 4) is 0 Å². The van der Waals surface area contributed by atoms with E-state index in [1.54, 1.807) is 12.1 Å². The van der Waals surface area contributed by atoms with Crippen LogP contribution in [0, 0.1) is 5.82 Å². The number of ether oxygens (including phenoxy) is 1. The van der Waals surface area contributed by atoms with Crippen LogP contribution in [0.1, 0.15) is 11.6 Å². The van der Waals surface area contributed by atoms with Crippen LogP contribution in [-0.2, 0) is 4.74 Å². The van der Waals surface area contributed by atoms with Crippen molar-refractivity contribution in [1.82, 2.24) is 4.90 Å². The van der Waals surface area contributed by atoms with E-state index in [0.29, 0.717) is 19.8 Å². The summed E-state index contributed by atoms with van der Waals surface area (Å²) in [6, 6.07) is 6.32. The second-order valence-corrected chi connectivity index (χ2v) is 4.45. The molecule has 1 aliphatic heterocycles. The Bertz CT molecular complexity index is 372. The third-order valence-electron chi connectivity index (χ3n) is 3.36. The van der Waals surface area contributed by atoms with E-state index in [9.17, 15) is 9.50 Å². The van der Waals surface area contributed by atoms with E-state index in [4.69, 9.17) is 10.5 Å². The van der Waals surface area contributed by atoms with Crippen LogP contribution in [0.3, 0.4) is 0 Å². The fourth-order valence-electron chi connectivity index (χ4n) is 2.38. The Hall–Kier alpha value is -1.01. The number of morpholine rings is 1. The van der Waals surface area contributed by atoms with Gasteiger partial charge in [0.15, 0.2) is 0 Å². The van der Waals surface area contributed by atoms with Gasteiger partial charge in [0.1, 0.15) is 5.82 Å². The van der Waals surface area contributed by atoms with E-state index in [2.05, 4.69) is 4.90 Å². The van der Waals surface area contributed by atoms with Crippen molar-refractivity contribution in [2.45, 2.75) is 12.1 Å². The number of hydrogen-bond acceptors (Lipinski definition) is 4. The standard InChI is InChI=1S/C13H19FN2O2/c14-11-3-1-10(2-4-11)13(7-15)16-5-6-18-9-12(16)8-17/h1-4,12-13,17H,5-9,15H2. The van der Waals surface area contributed by atoms with E-state index in [0.717, 1.165) is 12.1 Å². The van der Waals surface area contributed by atoms with Crippen LogP contribution in [0.25, 0.3) is 0 Å². The van der Waals surface area contributed by atoms with Gasteiger partial charge >= 0.3 is 0 Å². The molecule has 3 N–H and O–H groups in total. The highest BCUT2D eigenvalue weighted by Crippen LogP contribution is 2.24. The van der Waals surface area contributed by atoms with Crippen LogP contribution < -0.4 is 5.73 Å². The first kappa shape index (κ1) is 13.4. The fourth-order valence-corrected chi connectivity index (χ4v) is 2.38. The maximum Gasteiger partial charge on any atom is 0.123 e. The Morgan fingerprint density at radius 3 is 2.78 bits per heavy atom. The van der Waals surface area contributed by atoms with Gasteiger partial charge in [-0.1, -0.05) is 12.1 Å². The first-order valence-electron chi connectivity index (χ1n) is 6.16. The molecule has 1 fully saturated rings. The van der Waals surface area contributed by atoms with E-state index < -0.39 is 0 Å². The Labute approximate surface area is 106 Å². The number of rotatable bonds is 4. The summed E-state index contributed by atoms with van der Waals surface area (Å²) in [7, 11) is 0. The van der Waals surface area contributed by atoms with E-state index in [1.807, 2.05) is 0 Å². The molecular weight excluding hydrogens is 235 g/mol. The molecule has 0 bridgehead atoms. The van der Waals surface area contributed by atoms with E-state index in [1.165, 1.54) is 12.1 Å². The molecule has 4 nitrogen and oxygen atoms in total. The number of nitrogens with zero attached hydrogens (tertiary/aromatic N) is 1. The first-order chi connectivity index (χ1) is 8.76. The summed E-state index contributed by atoms with van der Waals surface area (Å²) in [5.74, 6) is -0.254. The number of halogens is 1. The van der Waals surface area contributed by atoms with E-state index >= 15 is 0 Å². The quantitative estimate of drug-likeness (QED) is 0.822. The average molecular weight is 254 g/mol. The molecule has 1 aromatic carbocycles. The Morgan fingerprint density at radius 2 is 2.17 bits per heavy atom. The highest BCUT2D eigenvalue weighted by atomic mass is 19.1. The summed E-state index contributed by atoms with van der Waals surface area (Å²) in [4.78, 5) is 2.14. The molecular formula is C13H19FN2O2. The highest BCUT2D eigenvalue weighted by Gasteiger charge is 2.29. The van der Waals surface area contributed by atoms with Gasteiger partial charge in [0, 0.05) is 19.1 Å². The molecule has 0 aliphatic carbocycles. The Morgan fingerprint density at radius 1 is 1.44 bits per heavy atom. The molecule has 2 unspecified atom stereocenters. The molecule has 0 spiro atoms. The van der Waals surface area contributed by atoms with Gasteiger partial charge in [-0.15, -0.1) is 0 Å². The normalized spacial score (nSPS) is 22.9. The molecule has 1 aliphatic rings. The maximum atomic E-state index is 12.9. The third-order valence-corrected chi connectivity index (χ3v) is 3.36. The molecule has 100 valence electrons. The van der Waals surface area contributed by atoms with Crippen molar-refractivity contribution in [3.63, 3.8) is 0 Å². The highest BCUT2D eigenvalue weighted by molar-refractivity contribution is 5.20. The lowest BCUT2D eigenvalue weighted by Gasteiger charge is -2.40. The van der Waals surface area contributed by atoms with Crippen molar-refractivity contribution in [1.29, 1.82) is 0 Å². The zero-order valence-electron chi connectivity index (χ0n) is 10.3. The zero-order valence-corrected chi connectivity index (χ0v) is 10.3. The summed E-state index contributed by atoms with van der Waals surface area (Å²) in [6.07, 6.45) is 0. The molecule has 5 heteroatoms. The van der Waals surface area contributed by atoms with Crippen LogP contribution in [-0.4, -0.2) is 49.0 Å². The Kier molecular flexibility index (Phi) is 4.66. The van der Waals surface area contributed by atoms with Crippen molar-refractivity contribution in [2.75, 3.05) is 32.9 Å². The van der Waals surface area contributed by atoms with Gasteiger partial charge in [-0.05, 0) is 17.7 Å². The van der Waals surface area contributed by atoms with Crippen molar-refractivity contribution >= 4 is 0 Å². The number of benzene rings is 1. The topological polar surface area (TPSA) is 58.7 Å². The van der Waals surface area contributed by atoms with Crippen LogP contribution in [0.15, 0.2) is 24.3 Å². The number of aliphatic hydroxyl groups is 1. The lowest BCUT2D eigenvalue weighted by molar-refractivity contribution is -0.0463. The molecule has 2 atom stereocenters. The van der Waals surface area contributed by atoms with Gasteiger partial charge in [-0.25, -0.2) is 4.39 Å². The summed E-state index contributed by atoms with van der Waals surface area (Å²) < 4.78 is 18.3. The molecule has 0 saturated carbocycles. The van der Waals surface area contributed by atoms with Gasteiger partial charge in [-0.3, -0.25) is 4.90 Å². The van der Waals surface area contributed by atoms with Crippen molar-refractivity contribution < 1.29 is 14.2 Å². The number of nitrogens with two attached hydrogens (primary N) is 1. The minimum atomic E-state index is -0.254. The molecule has 2 rings (SSSR count).